The summed E-state index contributed by atoms with van der Waals surface area (Å²) in [6.45, 7) is 3.14. The molecular weight excluding hydrogens is 228 g/mol. The van der Waals surface area contributed by atoms with Gasteiger partial charge in [-0.1, -0.05) is 12.1 Å². The predicted molar refractivity (Wildman–Crippen MR) is 69.5 cm³/mol. The van der Waals surface area contributed by atoms with Crippen molar-refractivity contribution in [2.45, 2.75) is 0 Å². The van der Waals surface area contributed by atoms with Crippen LogP contribution in [0.5, 0.6) is 0 Å². The highest BCUT2D eigenvalue weighted by atomic mass is 16.5. The molecule has 0 unspecified atom stereocenters. The maximum absolute atomic E-state index is 5.27. The van der Waals surface area contributed by atoms with Crippen molar-refractivity contribution in [1.82, 2.24) is 15.0 Å². The number of fused-ring (bicyclic) bond motifs is 1. The number of ether oxygens (including phenoxy) is 1. The average Bonchev–Trinajstić information content (AvgIpc) is 2.46. The molecule has 0 bridgehead atoms. The summed E-state index contributed by atoms with van der Waals surface area (Å²) < 4.78 is 5.27. The highest BCUT2D eigenvalue weighted by Gasteiger charge is 2.06. The molecule has 2 heterocycles. The third-order valence-corrected chi connectivity index (χ3v) is 2.81. The molecular formula is C13H14N4O. The van der Waals surface area contributed by atoms with E-state index in [0.717, 1.165) is 43.0 Å². The zero-order valence-corrected chi connectivity index (χ0v) is 9.99. The van der Waals surface area contributed by atoms with Gasteiger partial charge in [-0.25, -0.2) is 4.98 Å². The highest BCUT2D eigenvalue weighted by molar-refractivity contribution is 5.81. The predicted octanol–water partition coefficient (Wildman–Crippen LogP) is 1.30. The molecule has 1 saturated heterocycles. The first-order valence-corrected chi connectivity index (χ1v) is 6.00. The second-order valence-electron chi connectivity index (χ2n) is 4.09. The number of nitrogens with zero attached hydrogens (tertiary/aromatic N) is 4. The van der Waals surface area contributed by atoms with Crippen LogP contribution in [0.3, 0.4) is 0 Å². The zero-order valence-electron chi connectivity index (χ0n) is 9.99. The van der Waals surface area contributed by atoms with Crippen LogP contribution in [0.1, 0.15) is 5.69 Å². The fourth-order valence-corrected chi connectivity index (χ4v) is 1.84. The molecule has 5 heteroatoms. The van der Waals surface area contributed by atoms with Gasteiger partial charge < -0.3 is 4.74 Å². The Labute approximate surface area is 105 Å². The Morgan fingerprint density at radius 1 is 1.17 bits per heavy atom. The maximum atomic E-state index is 5.27. The van der Waals surface area contributed by atoms with Gasteiger partial charge in [-0.15, -0.1) is 0 Å². The number of hydrazone groups is 1. The molecule has 1 aromatic heterocycles. The van der Waals surface area contributed by atoms with Crippen molar-refractivity contribution < 1.29 is 4.74 Å². The molecule has 0 spiro atoms. The molecule has 3 rings (SSSR count). The number of rotatable bonds is 2. The van der Waals surface area contributed by atoms with E-state index in [2.05, 4.69) is 15.1 Å². The van der Waals surface area contributed by atoms with Gasteiger partial charge in [-0.3, -0.25) is 9.99 Å². The van der Waals surface area contributed by atoms with E-state index in [1.165, 1.54) is 0 Å². The Bertz CT molecular complexity index is 564. The summed E-state index contributed by atoms with van der Waals surface area (Å²) in [5.41, 5.74) is 2.57. The number of benzene rings is 1. The van der Waals surface area contributed by atoms with Crippen molar-refractivity contribution in [1.29, 1.82) is 0 Å². The van der Waals surface area contributed by atoms with Crippen LogP contribution in [0.25, 0.3) is 11.0 Å². The van der Waals surface area contributed by atoms with Crippen LogP contribution in [0.15, 0.2) is 35.6 Å². The molecule has 1 fully saturated rings. The van der Waals surface area contributed by atoms with Crippen LogP contribution >= 0.6 is 0 Å². The van der Waals surface area contributed by atoms with E-state index in [1.807, 2.05) is 29.3 Å². The third-order valence-electron chi connectivity index (χ3n) is 2.81. The highest BCUT2D eigenvalue weighted by Crippen LogP contribution is 2.07. The molecule has 5 nitrogen and oxygen atoms in total. The Morgan fingerprint density at radius 2 is 1.94 bits per heavy atom. The van der Waals surface area contributed by atoms with E-state index in [1.54, 1.807) is 12.4 Å². The van der Waals surface area contributed by atoms with Crippen molar-refractivity contribution in [2.75, 3.05) is 26.3 Å². The Kier molecular flexibility index (Phi) is 3.14. The fourth-order valence-electron chi connectivity index (χ4n) is 1.84. The second-order valence-corrected chi connectivity index (χ2v) is 4.09. The summed E-state index contributed by atoms with van der Waals surface area (Å²) in [6, 6.07) is 7.82. The minimum Gasteiger partial charge on any atom is -0.378 e. The molecule has 0 atom stereocenters. The molecule has 0 aliphatic carbocycles. The van der Waals surface area contributed by atoms with Gasteiger partial charge in [0.25, 0.3) is 0 Å². The van der Waals surface area contributed by atoms with Gasteiger partial charge in [-0.2, -0.15) is 5.10 Å². The van der Waals surface area contributed by atoms with Gasteiger partial charge in [0, 0.05) is 0 Å². The molecule has 0 amide bonds. The lowest BCUT2D eigenvalue weighted by Gasteiger charge is -2.23. The molecule has 18 heavy (non-hydrogen) atoms. The quantitative estimate of drug-likeness (QED) is 0.745. The number of hydrogen-bond acceptors (Lipinski definition) is 5. The number of aromatic nitrogens is 2. The van der Waals surface area contributed by atoms with Crippen LogP contribution in [0, 0.1) is 0 Å². The Morgan fingerprint density at radius 3 is 2.78 bits per heavy atom. The first kappa shape index (κ1) is 11.1. The first-order valence-electron chi connectivity index (χ1n) is 6.00. The topological polar surface area (TPSA) is 50.6 Å². The summed E-state index contributed by atoms with van der Waals surface area (Å²) >= 11 is 0. The van der Waals surface area contributed by atoms with E-state index >= 15 is 0 Å². The van der Waals surface area contributed by atoms with E-state index in [9.17, 15) is 0 Å². The lowest BCUT2D eigenvalue weighted by Crippen LogP contribution is -2.32. The minimum atomic E-state index is 0.737. The molecule has 0 N–H and O–H groups in total. The van der Waals surface area contributed by atoms with E-state index in [0.29, 0.717) is 0 Å². The van der Waals surface area contributed by atoms with Crippen molar-refractivity contribution in [2.24, 2.45) is 5.10 Å². The van der Waals surface area contributed by atoms with Crippen molar-refractivity contribution >= 4 is 17.2 Å². The normalized spacial score (nSPS) is 16.6. The van der Waals surface area contributed by atoms with E-state index in [4.69, 9.17) is 4.74 Å². The maximum Gasteiger partial charge on any atom is 0.102 e. The molecule has 1 aromatic carbocycles. The second kappa shape index (κ2) is 5.10. The standard InChI is InChI=1S/C13H14N4O/c1-2-4-13-12(3-1)14-9-11(16-13)10-15-17-5-7-18-8-6-17/h1-4,9-10H,5-8H2/b15-10-. The monoisotopic (exact) mass is 242 g/mol. The van der Waals surface area contributed by atoms with E-state index < -0.39 is 0 Å². The summed E-state index contributed by atoms with van der Waals surface area (Å²) in [7, 11) is 0. The van der Waals surface area contributed by atoms with Gasteiger partial charge in [0.05, 0.1) is 49.7 Å². The first-order chi connectivity index (χ1) is 8.92. The van der Waals surface area contributed by atoms with Crippen LogP contribution in [0.4, 0.5) is 0 Å². The van der Waals surface area contributed by atoms with Crippen LogP contribution in [-0.2, 0) is 4.74 Å². The molecule has 1 aliphatic heterocycles. The van der Waals surface area contributed by atoms with Gasteiger partial charge in [0.1, 0.15) is 5.69 Å². The molecule has 2 aromatic rings. The summed E-state index contributed by atoms with van der Waals surface area (Å²) in [4.78, 5) is 8.84. The van der Waals surface area contributed by atoms with Gasteiger partial charge >= 0.3 is 0 Å². The number of hydrogen-bond donors (Lipinski definition) is 0. The fraction of sp³-hybridized carbons (Fsp3) is 0.308. The molecule has 92 valence electrons. The minimum absolute atomic E-state index is 0.737. The Balaban J connectivity index is 1.79. The van der Waals surface area contributed by atoms with Crippen molar-refractivity contribution in [3.63, 3.8) is 0 Å². The summed E-state index contributed by atoms with van der Waals surface area (Å²) in [5.74, 6) is 0. The summed E-state index contributed by atoms with van der Waals surface area (Å²) in [5, 5.41) is 6.37. The van der Waals surface area contributed by atoms with Gasteiger partial charge in [0.2, 0.25) is 0 Å². The largest absolute Gasteiger partial charge is 0.378 e. The lowest BCUT2D eigenvalue weighted by atomic mass is 10.3. The number of morpholine rings is 1. The van der Waals surface area contributed by atoms with Crippen LogP contribution in [0.2, 0.25) is 0 Å². The molecule has 1 aliphatic rings. The Hall–Kier alpha value is -2.01. The smallest absolute Gasteiger partial charge is 0.102 e. The van der Waals surface area contributed by atoms with E-state index in [-0.39, 0.29) is 0 Å². The van der Waals surface area contributed by atoms with Gasteiger partial charge in [0.15, 0.2) is 0 Å². The average molecular weight is 242 g/mol. The van der Waals surface area contributed by atoms with Crippen molar-refractivity contribution in [3.8, 4) is 0 Å². The van der Waals surface area contributed by atoms with Crippen LogP contribution in [-0.4, -0.2) is 47.5 Å². The zero-order chi connectivity index (χ0) is 12.2. The van der Waals surface area contributed by atoms with Crippen LogP contribution < -0.4 is 0 Å². The van der Waals surface area contributed by atoms with Gasteiger partial charge in [-0.05, 0) is 12.1 Å². The molecule has 0 saturated carbocycles. The van der Waals surface area contributed by atoms with Crippen molar-refractivity contribution in [3.05, 3.63) is 36.2 Å². The number of para-hydroxylation sites is 2. The SMILES string of the molecule is C(=N/N1CCOCC1)/c1cnc2ccccc2n1. The lowest BCUT2D eigenvalue weighted by molar-refractivity contribution is 0.0396. The third kappa shape index (κ3) is 2.46. The molecule has 0 radical (unpaired) electrons. The summed E-state index contributed by atoms with van der Waals surface area (Å²) in [6.07, 6.45) is 3.50.